The summed E-state index contributed by atoms with van der Waals surface area (Å²) in [6.07, 6.45) is 0.214. The van der Waals surface area contributed by atoms with Crippen molar-refractivity contribution in [3.8, 4) is 5.75 Å². The van der Waals surface area contributed by atoms with Crippen LogP contribution in [-0.4, -0.2) is 19.0 Å². The van der Waals surface area contributed by atoms with Crippen LogP contribution in [0.5, 0.6) is 5.75 Å². The number of methoxy groups -OCH3 is 1. The molecule has 6 nitrogen and oxygen atoms in total. The van der Waals surface area contributed by atoms with Gasteiger partial charge in [0.25, 0.3) is 5.91 Å². The quantitative estimate of drug-likeness (QED) is 0.604. The summed E-state index contributed by atoms with van der Waals surface area (Å²) in [5.74, 6) is -0.453. The van der Waals surface area contributed by atoms with Crippen LogP contribution in [0.3, 0.4) is 0 Å². The van der Waals surface area contributed by atoms with Crippen molar-refractivity contribution in [3.63, 3.8) is 0 Å². The summed E-state index contributed by atoms with van der Waals surface area (Å²) in [5.41, 5.74) is 1.37. The molecule has 1 amide bonds. The first-order valence-corrected chi connectivity index (χ1v) is 8.85. The molecule has 1 heterocycles. The van der Waals surface area contributed by atoms with E-state index in [-0.39, 0.29) is 12.3 Å². The van der Waals surface area contributed by atoms with Gasteiger partial charge < -0.3 is 19.2 Å². The lowest BCUT2D eigenvalue weighted by atomic mass is 10.1. The Morgan fingerprint density at radius 1 is 1.07 bits per heavy atom. The van der Waals surface area contributed by atoms with Gasteiger partial charge in [-0.2, -0.15) is 0 Å². The third kappa shape index (κ3) is 4.92. The molecular weight excluding hydrogens is 382 g/mol. The smallest absolute Gasteiger partial charge is 0.375 e. The van der Waals surface area contributed by atoms with Gasteiger partial charge in [0.2, 0.25) is 11.9 Å². The minimum Gasteiger partial charge on any atom is -0.497 e. The number of amides is 1. The number of furan rings is 1. The zero-order valence-electron chi connectivity index (χ0n) is 15.1. The number of carbonyl (C=O) groups excluding carboxylic acids is 2. The van der Waals surface area contributed by atoms with Crippen molar-refractivity contribution in [1.29, 1.82) is 0 Å². The van der Waals surface area contributed by atoms with Crippen molar-refractivity contribution in [2.75, 3.05) is 7.11 Å². The van der Waals surface area contributed by atoms with Gasteiger partial charge in [-0.3, -0.25) is 4.79 Å². The summed E-state index contributed by atoms with van der Waals surface area (Å²) < 4.78 is 15.6. The maximum absolute atomic E-state index is 12.8. The molecule has 0 aliphatic carbocycles. The molecule has 0 saturated heterocycles. The number of esters is 1. The normalized spacial score (nSPS) is 11.5. The molecular formula is C21H18ClNO5. The molecule has 28 heavy (non-hydrogen) atoms. The van der Waals surface area contributed by atoms with E-state index in [1.165, 1.54) is 12.3 Å². The average molecular weight is 400 g/mol. The summed E-state index contributed by atoms with van der Waals surface area (Å²) in [4.78, 5) is 25.0. The standard InChI is InChI=1S/C21H18ClNO5/c1-26-17-10-4-14(5-11-17)13-23-20(24)19(15-6-8-16(22)9-7-15)28-21(25)18-3-2-12-27-18/h2-12,19H,13H2,1H3,(H,23,24). The SMILES string of the molecule is COc1ccc(CNC(=O)C(OC(=O)c2ccco2)c2ccc(Cl)cc2)cc1. The number of benzene rings is 2. The Morgan fingerprint density at radius 2 is 1.79 bits per heavy atom. The fraction of sp³-hybridized carbons (Fsp3) is 0.143. The Kier molecular flexibility index (Phi) is 6.34. The number of hydrogen-bond acceptors (Lipinski definition) is 5. The van der Waals surface area contributed by atoms with Crippen molar-refractivity contribution < 1.29 is 23.5 Å². The molecule has 144 valence electrons. The Morgan fingerprint density at radius 3 is 2.39 bits per heavy atom. The Hall–Kier alpha value is -3.25. The van der Waals surface area contributed by atoms with Crippen LogP contribution in [0.2, 0.25) is 5.02 Å². The third-order valence-corrected chi connectivity index (χ3v) is 4.24. The second-order valence-electron chi connectivity index (χ2n) is 5.88. The molecule has 0 aliphatic heterocycles. The molecule has 1 unspecified atom stereocenters. The minimum absolute atomic E-state index is 0.0157. The van der Waals surface area contributed by atoms with Gasteiger partial charge in [0.15, 0.2) is 0 Å². The van der Waals surface area contributed by atoms with Crippen molar-refractivity contribution in [3.05, 3.63) is 88.8 Å². The van der Waals surface area contributed by atoms with E-state index in [1.807, 2.05) is 12.1 Å². The third-order valence-electron chi connectivity index (χ3n) is 3.98. The van der Waals surface area contributed by atoms with Gasteiger partial charge in [0, 0.05) is 17.1 Å². The summed E-state index contributed by atoms with van der Waals surface area (Å²) in [7, 11) is 1.58. The Bertz CT molecular complexity index is 920. The first-order valence-electron chi connectivity index (χ1n) is 8.47. The number of nitrogens with one attached hydrogen (secondary N) is 1. The van der Waals surface area contributed by atoms with E-state index in [4.69, 9.17) is 25.5 Å². The zero-order valence-corrected chi connectivity index (χ0v) is 15.8. The van der Waals surface area contributed by atoms with Crippen LogP contribution in [0, 0.1) is 0 Å². The van der Waals surface area contributed by atoms with E-state index in [0.717, 1.165) is 11.3 Å². The summed E-state index contributed by atoms with van der Waals surface area (Å²) >= 11 is 5.92. The number of ether oxygens (including phenoxy) is 2. The largest absolute Gasteiger partial charge is 0.497 e. The van der Waals surface area contributed by atoms with E-state index in [0.29, 0.717) is 10.6 Å². The first-order chi connectivity index (χ1) is 13.6. The fourth-order valence-corrected chi connectivity index (χ4v) is 2.62. The second-order valence-corrected chi connectivity index (χ2v) is 6.32. The van der Waals surface area contributed by atoms with Crippen LogP contribution in [0.4, 0.5) is 0 Å². The van der Waals surface area contributed by atoms with Gasteiger partial charge in [-0.25, -0.2) is 4.79 Å². The van der Waals surface area contributed by atoms with Gasteiger partial charge in [-0.1, -0.05) is 35.9 Å². The lowest BCUT2D eigenvalue weighted by Gasteiger charge is -2.18. The van der Waals surface area contributed by atoms with Crippen LogP contribution in [0.25, 0.3) is 0 Å². The molecule has 2 aromatic carbocycles. The molecule has 3 aromatic rings. The van der Waals surface area contributed by atoms with Crippen LogP contribution < -0.4 is 10.1 Å². The van der Waals surface area contributed by atoms with Crippen LogP contribution in [-0.2, 0) is 16.1 Å². The van der Waals surface area contributed by atoms with E-state index in [1.54, 1.807) is 49.6 Å². The monoisotopic (exact) mass is 399 g/mol. The zero-order chi connectivity index (χ0) is 19.9. The topological polar surface area (TPSA) is 77.8 Å². The van der Waals surface area contributed by atoms with Crippen LogP contribution in [0.1, 0.15) is 27.8 Å². The fourth-order valence-electron chi connectivity index (χ4n) is 2.50. The van der Waals surface area contributed by atoms with Gasteiger partial charge >= 0.3 is 5.97 Å². The van der Waals surface area contributed by atoms with Crippen molar-refractivity contribution >= 4 is 23.5 Å². The number of rotatable bonds is 7. The molecule has 0 bridgehead atoms. The molecule has 3 rings (SSSR count). The molecule has 0 fully saturated rings. The highest BCUT2D eigenvalue weighted by atomic mass is 35.5. The van der Waals surface area contributed by atoms with Gasteiger partial charge in [0.05, 0.1) is 13.4 Å². The predicted octanol–water partition coefficient (Wildman–Crippen LogP) is 4.16. The second kappa shape index (κ2) is 9.10. The molecule has 0 saturated carbocycles. The summed E-state index contributed by atoms with van der Waals surface area (Å²) in [5, 5.41) is 3.29. The lowest BCUT2D eigenvalue weighted by Crippen LogP contribution is -2.31. The van der Waals surface area contributed by atoms with Crippen molar-refractivity contribution in [1.82, 2.24) is 5.32 Å². The van der Waals surface area contributed by atoms with Crippen molar-refractivity contribution in [2.24, 2.45) is 0 Å². The van der Waals surface area contributed by atoms with Gasteiger partial charge in [0.1, 0.15) is 5.75 Å². The van der Waals surface area contributed by atoms with Crippen molar-refractivity contribution in [2.45, 2.75) is 12.6 Å². The molecule has 0 radical (unpaired) electrons. The summed E-state index contributed by atoms with van der Waals surface area (Å²) in [6, 6.07) is 16.8. The molecule has 0 spiro atoms. The highest BCUT2D eigenvalue weighted by molar-refractivity contribution is 6.30. The lowest BCUT2D eigenvalue weighted by molar-refractivity contribution is -0.130. The van der Waals surface area contributed by atoms with Gasteiger partial charge in [-0.15, -0.1) is 0 Å². The van der Waals surface area contributed by atoms with E-state index >= 15 is 0 Å². The van der Waals surface area contributed by atoms with E-state index in [2.05, 4.69) is 5.32 Å². The van der Waals surface area contributed by atoms with E-state index in [9.17, 15) is 9.59 Å². The molecule has 7 heteroatoms. The van der Waals surface area contributed by atoms with Crippen LogP contribution in [0.15, 0.2) is 71.3 Å². The first kappa shape index (κ1) is 19.5. The maximum Gasteiger partial charge on any atom is 0.375 e. The molecule has 1 atom stereocenters. The summed E-state index contributed by atoms with van der Waals surface area (Å²) in [6.45, 7) is 0.269. The van der Waals surface area contributed by atoms with Gasteiger partial charge in [-0.05, 0) is 42.0 Å². The Balaban J connectivity index is 1.73. The van der Waals surface area contributed by atoms with E-state index < -0.39 is 18.0 Å². The highest BCUT2D eigenvalue weighted by Crippen LogP contribution is 2.22. The molecule has 0 aliphatic rings. The minimum atomic E-state index is -1.15. The number of carbonyl (C=O) groups is 2. The maximum atomic E-state index is 12.8. The molecule has 1 aromatic heterocycles. The Labute approximate surface area is 167 Å². The number of hydrogen-bond donors (Lipinski definition) is 1. The average Bonchev–Trinajstić information content (AvgIpc) is 3.26. The van der Waals surface area contributed by atoms with Crippen LogP contribution >= 0.6 is 11.6 Å². The predicted molar refractivity (Wildman–Crippen MR) is 103 cm³/mol. The number of halogens is 1. The highest BCUT2D eigenvalue weighted by Gasteiger charge is 2.26. The molecule has 1 N–H and O–H groups in total.